The molecule has 1 aromatic carbocycles. The number of nitrogens with zero attached hydrogens (tertiary/aromatic N) is 2. The summed E-state index contributed by atoms with van der Waals surface area (Å²) >= 11 is 1.31. The molecule has 0 bridgehead atoms. The van der Waals surface area contributed by atoms with Crippen molar-refractivity contribution in [2.45, 2.75) is 13.5 Å². The number of rotatable bonds is 5. The topological polar surface area (TPSA) is 64.1 Å². The van der Waals surface area contributed by atoms with Crippen LogP contribution in [0.2, 0.25) is 0 Å². The van der Waals surface area contributed by atoms with Gasteiger partial charge in [-0.15, -0.1) is 11.3 Å². The molecule has 0 aliphatic heterocycles. The summed E-state index contributed by atoms with van der Waals surface area (Å²) in [6.07, 6.45) is 3.25. The molecule has 0 radical (unpaired) electrons. The highest BCUT2D eigenvalue weighted by Crippen LogP contribution is 2.26. The molecular formula is C17H15N3O2S. The third kappa shape index (κ3) is 3.92. The van der Waals surface area contributed by atoms with Crippen LogP contribution in [0.1, 0.15) is 20.2 Å². The zero-order valence-corrected chi connectivity index (χ0v) is 13.3. The van der Waals surface area contributed by atoms with E-state index < -0.39 is 0 Å². The van der Waals surface area contributed by atoms with Gasteiger partial charge in [-0.1, -0.05) is 30.3 Å². The number of hydrogen-bond acceptors (Lipinski definition) is 5. The number of pyridine rings is 1. The lowest BCUT2D eigenvalue weighted by Gasteiger charge is -2.06. The van der Waals surface area contributed by atoms with Crippen LogP contribution < -0.4 is 10.1 Å². The van der Waals surface area contributed by atoms with Gasteiger partial charge >= 0.3 is 0 Å². The largest absolute Gasteiger partial charge is 0.472 e. The van der Waals surface area contributed by atoms with Crippen molar-refractivity contribution in [3.8, 4) is 5.88 Å². The maximum Gasteiger partial charge on any atom is 0.271 e. The average Bonchev–Trinajstić information content (AvgIpc) is 2.96. The molecule has 23 heavy (non-hydrogen) atoms. The summed E-state index contributed by atoms with van der Waals surface area (Å²) in [6, 6.07) is 13.3. The third-order valence-corrected chi connectivity index (χ3v) is 4.00. The second-order valence-corrected chi connectivity index (χ2v) is 6.04. The van der Waals surface area contributed by atoms with Crippen LogP contribution in [0, 0.1) is 6.92 Å². The Hall–Kier alpha value is -2.73. The summed E-state index contributed by atoms with van der Waals surface area (Å²) < 4.78 is 5.73. The number of benzene rings is 1. The normalized spacial score (nSPS) is 10.3. The SMILES string of the molecule is Cc1nc(OCc2ccccc2)c(C(=O)Nc2cccnc2)s1. The van der Waals surface area contributed by atoms with Gasteiger partial charge < -0.3 is 10.1 Å². The van der Waals surface area contributed by atoms with E-state index in [1.807, 2.05) is 37.3 Å². The Morgan fingerprint density at radius 1 is 1.22 bits per heavy atom. The number of ether oxygens (including phenoxy) is 1. The lowest BCUT2D eigenvalue weighted by molar-refractivity contribution is 0.102. The number of hydrogen-bond donors (Lipinski definition) is 1. The van der Waals surface area contributed by atoms with Gasteiger partial charge in [0.2, 0.25) is 5.88 Å². The standard InChI is InChI=1S/C17H15N3O2S/c1-12-19-17(22-11-13-6-3-2-4-7-13)15(23-12)16(21)20-14-8-5-9-18-10-14/h2-10H,11H2,1H3,(H,20,21). The van der Waals surface area contributed by atoms with Gasteiger partial charge in [-0.2, -0.15) is 0 Å². The molecular weight excluding hydrogens is 310 g/mol. The monoisotopic (exact) mass is 325 g/mol. The van der Waals surface area contributed by atoms with Crippen LogP contribution >= 0.6 is 11.3 Å². The molecule has 1 N–H and O–H groups in total. The molecule has 0 fully saturated rings. The molecule has 0 aliphatic carbocycles. The van der Waals surface area contributed by atoms with Crippen molar-refractivity contribution in [3.63, 3.8) is 0 Å². The van der Waals surface area contributed by atoms with Gasteiger partial charge in [0, 0.05) is 6.20 Å². The van der Waals surface area contributed by atoms with Crippen LogP contribution in [-0.4, -0.2) is 15.9 Å². The zero-order chi connectivity index (χ0) is 16.1. The summed E-state index contributed by atoms with van der Waals surface area (Å²) in [4.78, 5) is 21.2. The third-order valence-electron chi connectivity index (χ3n) is 3.05. The number of amides is 1. The van der Waals surface area contributed by atoms with E-state index in [1.165, 1.54) is 11.3 Å². The van der Waals surface area contributed by atoms with Crippen molar-refractivity contribution in [2.24, 2.45) is 0 Å². The molecule has 0 saturated heterocycles. The van der Waals surface area contributed by atoms with Crippen LogP contribution in [0.5, 0.6) is 5.88 Å². The second-order valence-electron chi connectivity index (χ2n) is 4.84. The lowest BCUT2D eigenvalue weighted by Crippen LogP contribution is -2.12. The number of thiazole rings is 1. The fourth-order valence-corrected chi connectivity index (χ4v) is 2.76. The number of nitrogens with one attached hydrogen (secondary N) is 1. The maximum absolute atomic E-state index is 12.4. The highest BCUT2D eigenvalue weighted by molar-refractivity contribution is 7.14. The molecule has 0 aliphatic rings. The van der Waals surface area contributed by atoms with Crippen LogP contribution in [0.4, 0.5) is 5.69 Å². The molecule has 6 heteroatoms. The molecule has 0 atom stereocenters. The van der Waals surface area contributed by atoms with Gasteiger partial charge in [0.25, 0.3) is 5.91 Å². The number of anilines is 1. The van der Waals surface area contributed by atoms with E-state index >= 15 is 0 Å². The van der Waals surface area contributed by atoms with Crippen molar-refractivity contribution in [3.05, 3.63) is 70.3 Å². The predicted molar refractivity (Wildman–Crippen MR) is 89.8 cm³/mol. The summed E-state index contributed by atoms with van der Waals surface area (Å²) in [7, 11) is 0. The molecule has 3 aromatic rings. The minimum atomic E-state index is -0.244. The second kappa shape index (κ2) is 7.02. The Morgan fingerprint density at radius 3 is 2.78 bits per heavy atom. The minimum absolute atomic E-state index is 0.244. The van der Waals surface area contributed by atoms with Crippen molar-refractivity contribution in [1.29, 1.82) is 0 Å². The first-order valence-electron chi connectivity index (χ1n) is 7.08. The lowest BCUT2D eigenvalue weighted by atomic mass is 10.2. The van der Waals surface area contributed by atoms with Gasteiger partial charge in [0.1, 0.15) is 6.61 Å². The van der Waals surface area contributed by atoms with Crippen molar-refractivity contribution in [1.82, 2.24) is 9.97 Å². The Morgan fingerprint density at radius 2 is 2.04 bits per heavy atom. The van der Waals surface area contributed by atoms with Crippen molar-refractivity contribution >= 4 is 22.9 Å². The van der Waals surface area contributed by atoms with Crippen LogP contribution in [0.3, 0.4) is 0 Å². The number of aryl methyl sites for hydroxylation is 1. The zero-order valence-electron chi connectivity index (χ0n) is 12.5. The van der Waals surface area contributed by atoms with E-state index in [-0.39, 0.29) is 5.91 Å². The first-order chi connectivity index (χ1) is 11.2. The van der Waals surface area contributed by atoms with Crippen LogP contribution in [0.15, 0.2) is 54.9 Å². The highest BCUT2D eigenvalue weighted by Gasteiger charge is 2.18. The van der Waals surface area contributed by atoms with E-state index in [1.54, 1.807) is 24.5 Å². The fraction of sp³-hybridized carbons (Fsp3) is 0.118. The Bertz CT molecular complexity index is 788. The molecule has 0 unspecified atom stereocenters. The van der Waals surface area contributed by atoms with E-state index in [0.29, 0.717) is 23.1 Å². The van der Waals surface area contributed by atoms with E-state index in [0.717, 1.165) is 10.6 Å². The van der Waals surface area contributed by atoms with Crippen LogP contribution in [-0.2, 0) is 6.61 Å². The molecule has 3 rings (SSSR count). The van der Waals surface area contributed by atoms with Crippen molar-refractivity contribution < 1.29 is 9.53 Å². The fourth-order valence-electron chi connectivity index (χ4n) is 2.00. The highest BCUT2D eigenvalue weighted by atomic mass is 32.1. The predicted octanol–water partition coefficient (Wildman–Crippen LogP) is 3.68. The summed E-state index contributed by atoms with van der Waals surface area (Å²) in [5, 5.41) is 3.58. The minimum Gasteiger partial charge on any atom is -0.472 e. The van der Waals surface area contributed by atoms with E-state index in [9.17, 15) is 4.79 Å². The average molecular weight is 325 g/mol. The van der Waals surface area contributed by atoms with Crippen molar-refractivity contribution in [2.75, 3.05) is 5.32 Å². The molecule has 0 saturated carbocycles. The Kier molecular flexibility index (Phi) is 4.63. The molecule has 2 heterocycles. The number of carbonyl (C=O) groups is 1. The summed E-state index contributed by atoms with van der Waals surface area (Å²) in [6.45, 7) is 2.22. The summed E-state index contributed by atoms with van der Waals surface area (Å²) in [5.41, 5.74) is 1.66. The number of aromatic nitrogens is 2. The molecule has 5 nitrogen and oxygen atoms in total. The summed E-state index contributed by atoms with van der Waals surface area (Å²) in [5.74, 6) is 0.115. The van der Waals surface area contributed by atoms with E-state index in [4.69, 9.17) is 4.74 Å². The first kappa shape index (κ1) is 15.2. The first-order valence-corrected chi connectivity index (χ1v) is 7.89. The molecule has 0 spiro atoms. The smallest absolute Gasteiger partial charge is 0.271 e. The van der Waals surface area contributed by atoms with E-state index in [2.05, 4.69) is 15.3 Å². The van der Waals surface area contributed by atoms with Gasteiger partial charge in [-0.25, -0.2) is 4.98 Å². The quantitative estimate of drug-likeness (QED) is 0.777. The maximum atomic E-state index is 12.4. The van der Waals surface area contributed by atoms with Crippen LogP contribution in [0.25, 0.3) is 0 Å². The molecule has 1 amide bonds. The Balaban J connectivity index is 1.73. The molecule has 116 valence electrons. The van der Waals surface area contributed by atoms with Gasteiger partial charge in [-0.05, 0) is 24.6 Å². The van der Waals surface area contributed by atoms with Gasteiger partial charge in [0.15, 0.2) is 4.88 Å². The van der Waals surface area contributed by atoms with Gasteiger partial charge in [-0.3, -0.25) is 9.78 Å². The Labute approximate surface area is 138 Å². The van der Waals surface area contributed by atoms with Gasteiger partial charge in [0.05, 0.1) is 16.9 Å². The molecule has 2 aromatic heterocycles. The number of carbonyl (C=O) groups excluding carboxylic acids is 1.